The lowest BCUT2D eigenvalue weighted by molar-refractivity contribution is -0.145. The fourth-order valence-electron chi connectivity index (χ4n) is 3.76. The van der Waals surface area contributed by atoms with E-state index in [-0.39, 0.29) is 12.0 Å². The number of carbonyl (C=O) groups is 1. The lowest BCUT2D eigenvalue weighted by Crippen LogP contribution is -2.50. The predicted molar refractivity (Wildman–Crippen MR) is 89.5 cm³/mol. The van der Waals surface area contributed by atoms with Gasteiger partial charge in [-0.25, -0.2) is 0 Å². The highest BCUT2D eigenvalue weighted by atomic mass is 16.5. The van der Waals surface area contributed by atoms with Gasteiger partial charge in [-0.3, -0.25) is 9.78 Å². The van der Waals surface area contributed by atoms with Crippen molar-refractivity contribution in [2.24, 2.45) is 0 Å². The van der Waals surface area contributed by atoms with Crippen molar-refractivity contribution in [1.29, 1.82) is 0 Å². The van der Waals surface area contributed by atoms with Gasteiger partial charge < -0.3 is 19.3 Å². The first-order valence-electron chi connectivity index (χ1n) is 8.66. The van der Waals surface area contributed by atoms with Crippen LogP contribution in [0.3, 0.4) is 0 Å². The molecule has 24 heavy (non-hydrogen) atoms. The average Bonchev–Trinajstić information content (AvgIpc) is 3.25. The lowest BCUT2D eigenvalue weighted by atomic mass is 9.91. The van der Waals surface area contributed by atoms with Gasteiger partial charge in [-0.15, -0.1) is 0 Å². The summed E-state index contributed by atoms with van der Waals surface area (Å²) in [6.45, 7) is 2.40. The third kappa shape index (κ3) is 2.91. The van der Waals surface area contributed by atoms with Gasteiger partial charge in [-0.1, -0.05) is 0 Å². The zero-order chi connectivity index (χ0) is 16.6. The molecular weight excluding hydrogens is 306 g/mol. The largest absolute Gasteiger partial charge is 0.388 e. The van der Waals surface area contributed by atoms with E-state index in [9.17, 15) is 9.90 Å². The smallest absolute Gasteiger partial charge is 0.251 e. The minimum absolute atomic E-state index is 0.0881. The highest BCUT2D eigenvalue weighted by Gasteiger charge is 2.37. The fraction of sp³-hybridized carbons (Fsp3) is 0.556. The van der Waals surface area contributed by atoms with Gasteiger partial charge in [0, 0.05) is 37.5 Å². The molecule has 6 nitrogen and oxygen atoms in total. The zero-order valence-corrected chi connectivity index (χ0v) is 13.7. The molecule has 6 heteroatoms. The van der Waals surface area contributed by atoms with Crippen LogP contribution < -0.4 is 0 Å². The first-order chi connectivity index (χ1) is 11.6. The maximum Gasteiger partial charge on any atom is 0.251 e. The number of nitrogens with zero attached hydrogens (tertiary/aromatic N) is 3. The van der Waals surface area contributed by atoms with Crippen molar-refractivity contribution in [3.63, 3.8) is 0 Å². The van der Waals surface area contributed by atoms with Crippen LogP contribution in [0.25, 0.3) is 10.9 Å². The van der Waals surface area contributed by atoms with Crippen molar-refractivity contribution >= 4 is 16.8 Å². The second-order valence-electron chi connectivity index (χ2n) is 6.93. The van der Waals surface area contributed by atoms with E-state index in [1.54, 1.807) is 6.20 Å². The Labute approximate surface area is 141 Å². The minimum atomic E-state index is -0.783. The van der Waals surface area contributed by atoms with Gasteiger partial charge in [-0.2, -0.15) is 0 Å². The van der Waals surface area contributed by atoms with Crippen LogP contribution in [-0.4, -0.2) is 56.9 Å². The summed E-state index contributed by atoms with van der Waals surface area (Å²) in [5, 5.41) is 12.1. The second-order valence-corrected chi connectivity index (χ2v) is 6.93. The molecule has 2 aliphatic rings. The molecule has 1 N–H and O–H groups in total. The van der Waals surface area contributed by atoms with Gasteiger partial charge in [0.25, 0.3) is 5.91 Å². The Morgan fingerprint density at radius 2 is 2.21 bits per heavy atom. The summed E-state index contributed by atoms with van der Waals surface area (Å²) in [6.07, 6.45) is 8.29. The number of fused-ring (bicyclic) bond motifs is 1. The number of pyridine rings is 1. The molecule has 4 rings (SSSR count). The van der Waals surface area contributed by atoms with Gasteiger partial charge in [0.05, 0.1) is 23.9 Å². The zero-order valence-electron chi connectivity index (χ0n) is 13.7. The van der Waals surface area contributed by atoms with Gasteiger partial charge in [0.15, 0.2) is 0 Å². The van der Waals surface area contributed by atoms with Crippen LogP contribution in [-0.2, 0) is 16.1 Å². The van der Waals surface area contributed by atoms with E-state index in [0.717, 1.165) is 23.7 Å². The normalized spacial score (nSPS) is 23.7. The van der Waals surface area contributed by atoms with Gasteiger partial charge in [0.2, 0.25) is 0 Å². The van der Waals surface area contributed by atoms with E-state index in [0.29, 0.717) is 39.1 Å². The van der Waals surface area contributed by atoms with E-state index in [1.807, 2.05) is 29.4 Å². The first-order valence-corrected chi connectivity index (χ1v) is 8.66. The Hall–Kier alpha value is -1.92. The highest BCUT2D eigenvalue weighted by molar-refractivity contribution is 5.81. The monoisotopic (exact) mass is 329 g/mol. The number of likely N-dealkylation sites (tertiary alicyclic amines) is 1. The SMILES string of the molecule is O=C([C@H]1CCCO1)N1CCC(O)(Cn2ccc3ccncc32)CC1. The van der Waals surface area contributed by atoms with Crippen LogP contribution in [0.1, 0.15) is 25.7 Å². The summed E-state index contributed by atoms with van der Waals surface area (Å²) in [7, 11) is 0. The van der Waals surface area contributed by atoms with Crippen molar-refractivity contribution in [3.05, 3.63) is 30.7 Å². The number of ether oxygens (including phenoxy) is 1. The van der Waals surface area contributed by atoms with Crippen LogP contribution in [0.15, 0.2) is 30.7 Å². The molecule has 2 saturated heterocycles. The number of hydrogen-bond acceptors (Lipinski definition) is 4. The van der Waals surface area contributed by atoms with Crippen molar-refractivity contribution in [2.45, 2.75) is 43.9 Å². The summed E-state index contributed by atoms with van der Waals surface area (Å²) < 4.78 is 7.54. The van der Waals surface area contributed by atoms with Crippen molar-refractivity contribution < 1.29 is 14.6 Å². The molecule has 4 heterocycles. The number of aromatic nitrogens is 2. The van der Waals surface area contributed by atoms with E-state index < -0.39 is 5.60 Å². The molecule has 2 aromatic heterocycles. The summed E-state index contributed by atoms with van der Waals surface area (Å²) in [6, 6.07) is 4.01. The Morgan fingerprint density at radius 1 is 1.38 bits per heavy atom. The van der Waals surface area contributed by atoms with E-state index in [4.69, 9.17) is 4.74 Å². The molecule has 2 aliphatic heterocycles. The standard InChI is InChI=1S/C18H23N3O3/c22-17(16-2-1-11-24-16)20-9-5-18(23,6-10-20)13-21-8-4-14-3-7-19-12-15(14)21/h3-4,7-8,12,16,23H,1-2,5-6,9-11,13H2/t16-/m1/s1. The summed E-state index contributed by atoms with van der Waals surface area (Å²) >= 11 is 0. The molecule has 128 valence electrons. The van der Waals surface area contributed by atoms with E-state index in [1.165, 1.54) is 0 Å². The maximum atomic E-state index is 12.4. The third-order valence-electron chi connectivity index (χ3n) is 5.25. The Balaban J connectivity index is 1.41. The molecule has 2 fully saturated rings. The van der Waals surface area contributed by atoms with Crippen LogP contribution in [0.4, 0.5) is 0 Å². The molecule has 2 aromatic rings. The highest BCUT2D eigenvalue weighted by Crippen LogP contribution is 2.27. The second kappa shape index (κ2) is 6.18. The molecular formula is C18H23N3O3. The molecule has 0 aliphatic carbocycles. The summed E-state index contributed by atoms with van der Waals surface area (Å²) in [5.41, 5.74) is 0.249. The molecule has 0 radical (unpaired) electrons. The Morgan fingerprint density at radius 3 is 2.96 bits per heavy atom. The number of hydrogen-bond donors (Lipinski definition) is 1. The van der Waals surface area contributed by atoms with Crippen LogP contribution in [0.2, 0.25) is 0 Å². The lowest BCUT2D eigenvalue weighted by Gasteiger charge is -2.39. The molecule has 0 spiro atoms. The molecule has 0 bridgehead atoms. The fourth-order valence-corrected chi connectivity index (χ4v) is 3.76. The van der Waals surface area contributed by atoms with Crippen molar-refractivity contribution in [1.82, 2.24) is 14.5 Å². The summed E-state index contributed by atoms with van der Waals surface area (Å²) in [4.78, 5) is 18.4. The van der Waals surface area contributed by atoms with Gasteiger partial charge >= 0.3 is 0 Å². The minimum Gasteiger partial charge on any atom is -0.388 e. The molecule has 0 unspecified atom stereocenters. The molecule has 1 atom stereocenters. The predicted octanol–water partition coefficient (Wildman–Crippen LogP) is 1.57. The number of piperidine rings is 1. The molecule has 0 saturated carbocycles. The Bertz CT molecular complexity index is 728. The number of amides is 1. The molecule has 0 aromatic carbocycles. The first kappa shape index (κ1) is 15.6. The summed E-state index contributed by atoms with van der Waals surface area (Å²) in [5.74, 6) is 0.0881. The number of rotatable bonds is 3. The van der Waals surface area contributed by atoms with Crippen molar-refractivity contribution in [3.8, 4) is 0 Å². The third-order valence-corrected chi connectivity index (χ3v) is 5.25. The van der Waals surface area contributed by atoms with Gasteiger partial charge in [-0.05, 0) is 37.8 Å². The Kier molecular flexibility index (Phi) is 4.02. The number of carbonyl (C=O) groups excluding carboxylic acids is 1. The van der Waals surface area contributed by atoms with E-state index in [2.05, 4.69) is 9.55 Å². The van der Waals surface area contributed by atoms with Crippen LogP contribution in [0, 0.1) is 0 Å². The van der Waals surface area contributed by atoms with Crippen LogP contribution >= 0.6 is 0 Å². The average molecular weight is 329 g/mol. The van der Waals surface area contributed by atoms with E-state index >= 15 is 0 Å². The van der Waals surface area contributed by atoms with Gasteiger partial charge in [0.1, 0.15) is 6.10 Å². The maximum absolute atomic E-state index is 12.4. The topological polar surface area (TPSA) is 67.6 Å². The molecule has 1 amide bonds. The van der Waals surface area contributed by atoms with Crippen LogP contribution in [0.5, 0.6) is 0 Å². The van der Waals surface area contributed by atoms with Crippen molar-refractivity contribution in [2.75, 3.05) is 19.7 Å². The quantitative estimate of drug-likeness (QED) is 0.928. The number of aliphatic hydroxyl groups is 1.